The summed E-state index contributed by atoms with van der Waals surface area (Å²) in [5.74, 6) is 0.720. The quantitative estimate of drug-likeness (QED) is 0.765. The molecule has 3 rings (SSSR count). The summed E-state index contributed by atoms with van der Waals surface area (Å²) in [6.07, 6.45) is 5.61. The first-order valence-corrected chi connectivity index (χ1v) is 9.66. The Hall–Kier alpha value is -0.560. The third kappa shape index (κ3) is 5.98. The monoisotopic (exact) mass is 408 g/mol. The van der Waals surface area contributed by atoms with Crippen LogP contribution in [0.15, 0.2) is 0 Å². The average Bonchev–Trinajstić information content (AvgIpc) is 2.63. The molecule has 0 spiro atoms. The van der Waals surface area contributed by atoms with Gasteiger partial charge in [0.15, 0.2) is 0 Å². The van der Waals surface area contributed by atoms with E-state index in [-0.39, 0.29) is 36.6 Å². The minimum Gasteiger partial charge on any atom is -0.340 e. The molecule has 0 aromatic carbocycles. The molecule has 3 heterocycles. The summed E-state index contributed by atoms with van der Waals surface area (Å²) in [6, 6.07) is 0.382. The summed E-state index contributed by atoms with van der Waals surface area (Å²) >= 11 is 0. The molecule has 3 aliphatic rings. The molecule has 6 nitrogen and oxygen atoms in total. The maximum atomic E-state index is 12.6. The highest BCUT2D eigenvalue weighted by molar-refractivity contribution is 5.85. The normalized spacial score (nSPS) is 27.3. The number of likely N-dealkylation sites (tertiary alicyclic amines) is 1. The fourth-order valence-electron chi connectivity index (χ4n) is 4.20. The summed E-state index contributed by atoms with van der Waals surface area (Å²) < 4.78 is 0. The van der Waals surface area contributed by atoms with E-state index in [4.69, 9.17) is 0 Å². The number of piperidine rings is 2. The standard InChI is InChI=1S/C18H32N4O2.2ClH/c1-15-5-2-3-8-22(15)17(23)14-20-9-11-21(12-10-20)18(24)16-6-4-7-19-13-16;;/h15-16,19H,2-14H2,1H3;2*1H. The van der Waals surface area contributed by atoms with Crippen LogP contribution < -0.4 is 5.32 Å². The van der Waals surface area contributed by atoms with E-state index in [1.807, 2.05) is 4.90 Å². The van der Waals surface area contributed by atoms with E-state index in [0.29, 0.717) is 18.5 Å². The average molecular weight is 409 g/mol. The third-order valence-corrected chi connectivity index (χ3v) is 5.81. The van der Waals surface area contributed by atoms with Crippen molar-refractivity contribution >= 4 is 36.6 Å². The zero-order chi connectivity index (χ0) is 16.9. The Kier molecular flexibility index (Phi) is 10.2. The van der Waals surface area contributed by atoms with Crippen molar-refractivity contribution in [2.45, 2.75) is 45.1 Å². The molecular formula is C18H34Cl2N4O2. The minimum atomic E-state index is 0. The van der Waals surface area contributed by atoms with Gasteiger partial charge in [-0.25, -0.2) is 0 Å². The summed E-state index contributed by atoms with van der Waals surface area (Å²) in [5, 5.41) is 3.32. The third-order valence-electron chi connectivity index (χ3n) is 5.81. The summed E-state index contributed by atoms with van der Waals surface area (Å²) in [7, 11) is 0. The lowest BCUT2D eigenvalue weighted by molar-refractivity contribution is -0.139. The maximum absolute atomic E-state index is 12.6. The molecule has 2 unspecified atom stereocenters. The number of carbonyl (C=O) groups is 2. The topological polar surface area (TPSA) is 55.9 Å². The second-order valence-corrected chi connectivity index (χ2v) is 7.58. The molecule has 0 saturated carbocycles. The van der Waals surface area contributed by atoms with Crippen LogP contribution >= 0.6 is 24.8 Å². The van der Waals surface area contributed by atoms with Crippen LogP contribution in [0.3, 0.4) is 0 Å². The van der Waals surface area contributed by atoms with Gasteiger partial charge in [0.25, 0.3) is 0 Å². The van der Waals surface area contributed by atoms with Gasteiger partial charge in [-0.1, -0.05) is 0 Å². The number of nitrogens with one attached hydrogen (secondary N) is 1. The number of piperazine rings is 1. The van der Waals surface area contributed by atoms with E-state index in [2.05, 4.69) is 22.0 Å². The molecule has 0 radical (unpaired) electrons. The van der Waals surface area contributed by atoms with Gasteiger partial charge in [0.05, 0.1) is 12.5 Å². The van der Waals surface area contributed by atoms with Gasteiger partial charge in [0, 0.05) is 45.3 Å². The van der Waals surface area contributed by atoms with Gasteiger partial charge in [-0.2, -0.15) is 0 Å². The fraction of sp³-hybridized carbons (Fsp3) is 0.889. The number of halogens is 2. The maximum Gasteiger partial charge on any atom is 0.236 e. The van der Waals surface area contributed by atoms with Crippen molar-refractivity contribution in [3.8, 4) is 0 Å². The number of rotatable bonds is 3. The Morgan fingerprint density at radius 1 is 0.962 bits per heavy atom. The van der Waals surface area contributed by atoms with Crippen molar-refractivity contribution in [3.63, 3.8) is 0 Å². The van der Waals surface area contributed by atoms with Crippen LogP contribution in [0.5, 0.6) is 0 Å². The lowest BCUT2D eigenvalue weighted by atomic mass is 9.98. The van der Waals surface area contributed by atoms with Crippen LogP contribution in [0.1, 0.15) is 39.0 Å². The predicted molar refractivity (Wildman–Crippen MR) is 108 cm³/mol. The van der Waals surface area contributed by atoms with Crippen molar-refractivity contribution in [3.05, 3.63) is 0 Å². The van der Waals surface area contributed by atoms with Gasteiger partial charge >= 0.3 is 0 Å². The van der Waals surface area contributed by atoms with Crippen molar-refractivity contribution in [1.82, 2.24) is 20.0 Å². The number of hydrogen-bond donors (Lipinski definition) is 1. The smallest absolute Gasteiger partial charge is 0.236 e. The molecule has 1 N–H and O–H groups in total. The van der Waals surface area contributed by atoms with Gasteiger partial charge in [-0.15, -0.1) is 24.8 Å². The molecule has 0 bridgehead atoms. The summed E-state index contributed by atoms with van der Waals surface area (Å²) in [6.45, 7) is 8.60. The lowest BCUT2D eigenvalue weighted by Crippen LogP contribution is -2.54. The fourth-order valence-corrected chi connectivity index (χ4v) is 4.20. The van der Waals surface area contributed by atoms with E-state index in [0.717, 1.165) is 71.5 Å². The minimum absolute atomic E-state index is 0. The van der Waals surface area contributed by atoms with E-state index >= 15 is 0 Å². The van der Waals surface area contributed by atoms with Gasteiger partial charge in [0.2, 0.25) is 11.8 Å². The zero-order valence-electron chi connectivity index (χ0n) is 15.8. The lowest BCUT2D eigenvalue weighted by Gasteiger charge is -2.39. The largest absolute Gasteiger partial charge is 0.340 e. The Bertz CT molecular complexity index is 452. The highest BCUT2D eigenvalue weighted by Crippen LogP contribution is 2.18. The zero-order valence-corrected chi connectivity index (χ0v) is 17.5. The highest BCUT2D eigenvalue weighted by Gasteiger charge is 2.30. The van der Waals surface area contributed by atoms with Crippen LogP contribution in [0.2, 0.25) is 0 Å². The molecule has 26 heavy (non-hydrogen) atoms. The van der Waals surface area contributed by atoms with Crippen LogP contribution in [0, 0.1) is 5.92 Å². The van der Waals surface area contributed by atoms with Crippen molar-refractivity contribution in [2.75, 3.05) is 52.4 Å². The van der Waals surface area contributed by atoms with Gasteiger partial charge in [0.1, 0.15) is 0 Å². The number of amides is 2. The van der Waals surface area contributed by atoms with E-state index in [9.17, 15) is 9.59 Å². The molecule has 2 atom stereocenters. The van der Waals surface area contributed by atoms with E-state index in [1.165, 1.54) is 6.42 Å². The van der Waals surface area contributed by atoms with Crippen molar-refractivity contribution in [2.24, 2.45) is 5.92 Å². The Morgan fingerprint density at radius 2 is 1.69 bits per heavy atom. The first-order chi connectivity index (χ1) is 11.6. The molecule has 152 valence electrons. The van der Waals surface area contributed by atoms with Crippen molar-refractivity contribution in [1.29, 1.82) is 0 Å². The highest BCUT2D eigenvalue weighted by atomic mass is 35.5. The van der Waals surface area contributed by atoms with Crippen LogP contribution in [0.4, 0.5) is 0 Å². The molecule has 2 amide bonds. The molecule has 3 aliphatic heterocycles. The van der Waals surface area contributed by atoms with Crippen LogP contribution in [-0.4, -0.2) is 84.9 Å². The number of nitrogens with zero attached hydrogens (tertiary/aromatic N) is 3. The number of carbonyl (C=O) groups excluding carboxylic acids is 2. The van der Waals surface area contributed by atoms with Gasteiger partial charge < -0.3 is 15.1 Å². The Morgan fingerprint density at radius 3 is 2.31 bits per heavy atom. The van der Waals surface area contributed by atoms with Gasteiger partial charge in [-0.05, 0) is 45.6 Å². The van der Waals surface area contributed by atoms with Crippen LogP contribution in [0.25, 0.3) is 0 Å². The van der Waals surface area contributed by atoms with Crippen molar-refractivity contribution < 1.29 is 9.59 Å². The number of hydrogen-bond acceptors (Lipinski definition) is 4. The van der Waals surface area contributed by atoms with E-state index in [1.54, 1.807) is 0 Å². The Balaban J connectivity index is 0.00000169. The summed E-state index contributed by atoms with van der Waals surface area (Å²) in [5.41, 5.74) is 0. The first kappa shape index (κ1) is 23.5. The molecule has 0 aromatic heterocycles. The molecule has 0 aliphatic carbocycles. The summed E-state index contributed by atoms with van der Waals surface area (Å²) in [4.78, 5) is 31.4. The SMILES string of the molecule is CC1CCCCN1C(=O)CN1CCN(C(=O)C2CCCNC2)CC1.Cl.Cl. The molecular weight excluding hydrogens is 375 g/mol. The second-order valence-electron chi connectivity index (χ2n) is 7.58. The second kappa shape index (κ2) is 11.3. The molecule has 3 saturated heterocycles. The van der Waals surface area contributed by atoms with Crippen LogP contribution in [-0.2, 0) is 9.59 Å². The van der Waals surface area contributed by atoms with E-state index < -0.39 is 0 Å². The molecule has 0 aromatic rings. The molecule has 3 fully saturated rings. The predicted octanol–water partition coefficient (Wildman–Crippen LogP) is 1.37. The Labute approximate surface area is 169 Å². The molecule has 8 heteroatoms. The first-order valence-electron chi connectivity index (χ1n) is 9.66. The van der Waals surface area contributed by atoms with Gasteiger partial charge in [-0.3, -0.25) is 14.5 Å².